The number of carboxylic acid groups (broad SMARTS) is 1. The molecular formula is C25H24O3. The van der Waals surface area contributed by atoms with Crippen molar-refractivity contribution in [2.24, 2.45) is 5.92 Å². The zero-order valence-electron chi connectivity index (χ0n) is 15.8. The zero-order chi connectivity index (χ0) is 19.8. The first-order valence-electron chi connectivity index (χ1n) is 9.57. The summed E-state index contributed by atoms with van der Waals surface area (Å²) in [6.07, 6.45) is 1.98. The lowest BCUT2D eigenvalue weighted by molar-refractivity contribution is -0.146. The molecule has 28 heavy (non-hydrogen) atoms. The van der Waals surface area contributed by atoms with Crippen LogP contribution in [0.4, 0.5) is 0 Å². The van der Waals surface area contributed by atoms with E-state index in [1.165, 1.54) is 0 Å². The lowest BCUT2D eigenvalue weighted by Gasteiger charge is -2.12. The van der Waals surface area contributed by atoms with Gasteiger partial charge in [0.25, 0.3) is 0 Å². The van der Waals surface area contributed by atoms with E-state index in [-0.39, 0.29) is 12.2 Å². The van der Waals surface area contributed by atoms with E-state index >= 15 is 0 Å². The molecule has 3 rings (SSSR count). The molecule has 0 saturated carbocycles. The third-order valence-corrected chi connectivity index (χ3v) is 4.93. The highest BCUT2D eigenvalue weighted by molar-refractivity contribution is 5.99. The van der Waals surface area contributed by atoms with Crippen LogP contribution < -0.4 is 0 Å². The number of carbonyl (C=O) groups excluding carboxylic acids is 1. The topological polar surface area (TPSA) is 54.4 Å². The molecule has 0 aliphatic rings. The van der Waals surface area contributed by atoms with Crippen LogP contribution in [-0.4, -0.2) is 16.9 Å². The Morgan fingerprint density at radius 1 is 0.714 bits per heavy atom. The molecule has 1 N–H and O–H groups in total. The molecular weight excluding hydrogens is 348 g/mol. The Kier molecular flexibility index (Phi) is 6.74. The average molecular weight is 372 g/mol. The summed E-state index contributed by atoms with van der Waals surface area (Å²) in [6, 6.07) is 27.7. The number of rotatable bonds is 9. The molecule has 0 radical (unpaired) electrons. The maximum Gasteiger partial charge on any atom is 0.314 e. The van der Waals surface area contributed by atoms with Gasteiger partial charge in [0.1, 0.15) is 5.92 Å². The normalized spacial score (nSPS) is 11.7. The number of hydrogen-bond acceptors (Lipinski definition) is 2. The number of aliphatic carboxylic acids is 1. The monoisotopic (exact) mass is 372 g/mol. The summed E-state index contributed by atoms with van der Waals surface area (Å²) in [4.78, 5) is 24.2. The summed E-state index contributed by atoms with van der Waals surface area (Å²) in [5.41, 5.74) is 4.20. The summed E-state index contributed by atoms with van der Waals surface area (Å²) in [5, 5.41) is 9.49. The quantitative estimate of drug-likeness (QED) is 0.526. The fourth-order valence-electron chi connectivity index (χ4n) is 3.35. The average Bonchev–Trinajstić information content (AvgIpc) is 2.73. The van der Waals surface area contributed by atoms with Crippen molar-refractivity contribution in [3.63, 3.8) is 0 Å². The minimum Gasteiger partial charge on any atom is -0.481 e. The van der Waals surface area contributed by atoms with E-state index in [4.69, 9.17) is 0 Å². The van der Waals surface area contributed by atoms with Gasteiger partial charge in [-0.1, -0.05) is 84.9 Å². The van der Waals surface area contributed by atoms with Gasteiger partial charge in [-0.15, -0.1) is 0 Å². The number of aryl methyl sites for hydroxylation is 1. The smallest absolute Gasteiger partial charge is 0.314 e. The Balaban J connectivity index is 1.58. The molecule has 0 aromatic heterocycles. The maximum atomic E-state index is 12.6. The van der Waals surface area contributed by atoms with Gasteiger partial charge in [-0.25, -0.2) is 0 Å². The number of carbonyl (C=O) groups is 2. The number of benzene rings is 3. The minimum absolute atomic E-state index is 0.150. The number of hydrogen-bond donors (Lipinski definition) is 1. The summed E-state index contributed by atoms with van der Waals surface area (Å²) in [5.74, 6) is -2.20. The molecule has 0 saturated heterocycles. The van der Waals surface area contributed by atoms with Crippen LogP contribution >= 0.6 is 0 Å². The second-order valence-electron chi connectivity index (χ2n) is 6.97. The highest BCUT2D eigenvalue weighted by Gasteiger charge is 2.25. The molecule has 0 aliphatic carbocycles. The van der Waals surface area contributed by atoms with Crippen LogP contribution in [0.5, 0.6) is 0 Å². The van der Waals surface area contributed by atoms with E-state index in [1.54, 1.807) is 0 Å². The predicted molar refractivity (Wildman–Crippen MR) is 111 cm³/mol. The van der Waals surface area contributed by atoms with Crippen molar-refractivity contribution >= 4 is 11.8 Å². The number of carboxylic acids is 1. The Morgan fingerprint density at radius 2 is 1.29 bits per heavy atom. The van der Waals surface area contributed by atoms with Gasteiger partial charge in [0.05, 0.1) is 0 Å². The van der Waals surface area contributed by atoms with Crippen LogP contribution in [0, 0.1) is 5.92 Å². The molecule has 0 amide bonds. The van der Waals surface area contributed by atoms with Crippen molar-refractivity contribution in [1.29, 1.82) is 0 Å². The van der Waals surface area contributed by atoms with Crippen molar-refractivity contribution < 1.29 is 14.7 Å². The number of Topliss-reactive ketones (excluding diaryl/α,β-unsaturated/α-hetero) is 1. The van der Waals surface area contributed by atoms with Gasteiger partial charge in [-0.2, -0.15) is 0 Å². The lowest BCUT2D eigenvalue weighted by atomic mass is 9.91. The molecule has 3 aromatic rings. The third kappa shape index (κ3) is 5.40. The van der Waals surface area contributed by atoms with E-state index < -0.39 is 11.9 Å². The van der Waals surface area contributed by atoms with Crippen molar-refractivity contribution in [3.8, 4) is 11.1 Å². The van der Waals surface area contributed by atoms with Crippen LogP contribution in [0.25, 0.3) is 11.1 Å². The predicted octanol–water partition coefficient (Wildman–Crippen LogP) is 5.19. The van der Waals surface area contributed by atoms with E-state index in [1.807, 2.05) is 84.9 Å². The summed E-state index contributed by atoms with van der Waals surface area (Å²) < 4.78 is 0. The Labute approximate surface area is 165 Å². The minimum atomic E-state index is -1.03. The third-order valence-electron chi connectivity index (χ3n) is 4.93. The highest BCUT2D eigenvalue weighted by atomic mass is 16.4. The largest absolute Gasteiger partial charge is 0.481 e. The molecule has 0 fully saturated rings. The SMILES string of the molecule is O=C(O)C(CCCc1ccccc1)C(=O)Cc1ccc(-c2ccccc2)cc1. The van der Waals surface area contributed by atoms with Gasteiger partial charge in [-0.3, -0.25) is 9.59 Å². The van der Waals surface area contributed by atoms with Crippen LogP contribution in [0.15, 0.2) is 84.9 Å². The Hall–Kier alpha value is -3.20. The summed E-state index contributed by atoms with van der Waals surface area (Å²) in [7, 11) is 0. The second-order valence-corrected chi connectivity index (χ2v) is 6.97. The molecule has 3 nitrogen and oxygen atoms in total. The van der Waals surface area contributed by atoms with Crippen molar-refractivity contribution in [3.05, 3.63) is 96.1 Å². The number of ketones is 1. The van der Waals surface area contributed by atoms with Crippen molar-refractivity contribution in [2.75, 3.05) is 0 Å². The first-order valence-corrected chi connectivity index (χ1v) is 9.57. The van der Waals surface area contributed by atoms with Crippen LogP contribution in [0.2, 0.25) is 0 Å². The Morgan fingerprint density at radius 3 is 1.89 bits per heavy atom. The summed E-state index contributed by atoms with van der Waals surface area (Å²) >= 11 is 0. The fourth-order valence-corrected chi connectivity index (χ4v) is 3.35. The van der Waals surface area contributed by atoms with Crippen molar-refractivity contribution in [1.82, 2.24) is 0 Å². The molecule has 1 unspecified atom stereocenters. The van der Waals surface area contributed by atoms with Gasteiger partial charge in [0, 0.05) is 6.42 Å². The molecule has 3 aromatic carbocycles. The lowest BCUT2D eigenvalue weighted by Crippen LogP contribution is -2.25. The van der Waals surface area contributed by atoms with Gasteiger partial charge in [0.2, 0.25) is 0 Å². The zero-order valence-corrected chi connectivity index (χ0v) is 15.8. The van der Waals surface area contributed by atoms with Gasteiger partial charge >= 0.3 is 5.97 Å². The first kappa shape index (κ1) is 19.6. The van der Waals surface area contributed by atoms with Crippen LogP contribution in [-0.2, 0) is 22.4 Å². The molecule has 0 bridgehead atoms. The van der Waals surface area contributed by atoms with Crippen molar-refractivity contribution in [2.45, 2.75) is 25.7 Å². The van der Waals surface area contributed by atoms with E-state index in [9.17, 15) is 14.7 Å². The van der Waals surface area contributed by atoms with Crippen LogP contribution in [0.3, 0.4) is 0 Å². The van der Waals surface area contributed by atoms with E-state index in [0.717, 1.165) is 28.7 Å². The highest BCUT2D eigenvalue weighted by Crippen LogP contribution is 2.21. The Bertz CT molecular complexity index is 900. The molecule has 142 valence electrons. The molecule has 3 heteroatoms. The molecule has 1 atom stereocenters. The molecule has 0 aliphatic heterocycles. The standard InChI is InChI=1S/C25H24O3/c26-24(23(25(27)28)13-7-10-19-8-3-1-4-9-19)18-20-14-16-22(17-15-20)21-11-5-2-6-12-21/h1-6,8-9,11-12,14-17,23H,7,10,13,18H2,(H,27,28). The first-order chi connectivity index (χ1) is 13.6. The maximum absolute atomic E-state index is 12.6. The fraction of sp³-hybridized carbons (Fsp3) is 0.200. The molecule has 0 heterocycles. The molecule has 0 spiro atoms. The summed E-state index contributed by atoms with van der Waals surface area (Å²) in [6.45, 7) is 0. The van der Waals surface area contributed by atoms with Gasteiger partial charge in [0.15, 0.2) is 5.78 Å². The van der Waals surface area contributed by atoms with Gasteiger partial charge < -0.3 is 5.11 Å². The van der Waals surface area contributed by atoms with Gasteiger partial charge in [-0.05, 0) is 41.5 Å². The second kappa shape index (κ2) is 9.65. The van der Waals surface area contributed by atoms with E-state index in [2.05, 4.69) is 0 Å². The van der Waals surface area contributed by atoms with E-state index in [0.29, 0.717) is 12.8 Å². The van der Waals surface area contributed by atoms with Crippen LogP contribution in [0.1, 0.15) is 24.0 Å².